The lowest BCUT2D eigenvalue weighted by Crippen LogP contribution is -2.04. The Morgan fingerprint density at radius 1 is 1.60 bits per heavy atom. The van der Waals surface area contributed by atoms with Crippen LogP contribution in [0.5, 0.6) is 0 Å². The normalized spacial score (nSPS) is 25.8. The lowest BCUT2D eigenvalue weighted by molar-refractivity contribution is 0.135. The molecule has 0 N–H and O–H groups in total. The van der Waals surface area contributed by atoms with Crippen LogP contribution in [0, 0.1) is 0 Å². The van der Waals surface area contributed by atoms with Crippen molar-refractivity contribution in [3.63, 3.8) is 0 Å². The van der Waals surface area contributed by atoms with Gasteiger partial charge >= 0.3 is 0 Å². The van der Waals surface area contributed by atoms with Crippen LogP contribution in [0.4, 0.5) is 0 Å². The average Bonchev–Trinajstić information content (AvgIpc) is 2.14. The predicted molar refractivity (Wildman–Crippen MR) is 42.9 cm³/mol. The zero-order valence-corrected chi connectivity index (χ0v) is 6.63. The van der Waals surface area contributed by atoms with E-state index < -0.39 is 0 Å². The Hall–Kier alpha value is -0.560. The molecule has 0 amide bonds. The minimum absolute atomic E-state index is 0.327. The molecule has 10 heavy (non-hydrogen) atoms. The summed E-state index contributed by atoms with van der Waals surface area (Å²) in [5, 5.41) is 0. The van der Waals surface area contributed by atoms with Gasteiger partial charge in [0.05, 0.1) is 6.10 Å². The fourth-order valence-electron chi connectivity index (χ4n) is 1.10. The van der Waals surface area contributed by atoms with Gasteiger partial charge in [-0.3, -0.25) is 0 Å². The van der Waals surface area contributed by atoms with Crippen LogP contribution in [0.3, 0.4) is 0 Å². The van der Waals surface area contributed by atoms with Crippen molar-refractivity contribution in [3.05, 3.63) is 23.8 Å². The van der Waals surface area contributed by atoms with Crippen LogP contribution in [0.1, 0.15) is 19.8 Å². The van der Waals surface area contributed by atoms with E-state index in [-0.39, 0.29) is 0 Å². The molecule has 1 aliphatic rings. The molecule has 1 aliphatic carbocycles. The number of methoxy groups -OCH3 is 1. The summed E-state index contributed by atoms with van der Waals surface area (Å²) in [6.45, 7) is 2.12. The van der Waals surface area contributed by atoms with E-state index in [4.69, 9.17) is 4.74 Å². The largest absolute Gasteiger partial charge is 0.377 e. The van der Waals surface area contributed by atoms with Crippen LogP contribution in [-0.2, 0) is 4.74 Å². The monoisotopic (exact) mass is 138 g/mol. The van der Waals surface area contributed by atoms with Crippen LogP contribution in [0.15, 0.2) is 23.8 Å². The first-order chi connectivity index (χ1) is 4.83. The molecule has 1 heteroatoms. The van der Waals surface area contributed by atoms with E-state index in [0.717, 1.165) is 12.8 Å². The SMILES string of the molecule is COC1C=CC(C)=CCC1. The summed E-state index contributed by atoms with van der Waals surface area (Å²) in [7, 11) is 1.76. The third-order valence-electron chi connectivity index (χ3n) is 1.79. The summed E-state index contributed by atoms with van der Waals surface area (Å²) in [5.41, 5.74) is 1.35. The highest BCUT2D eigenvalue weighted by atomic mass is 16.5. The van der Waals surface area contributed by atoms with E-state index in [2.05, 4.69) is 25.2 Å². The van der Waals surface area contributed by atoms with Gasteiger partial charge in [0.1, 0.15) is 0 Å². The molecule has 0 saturated heterocycles. The van der Waals surface area contributed by atoms with Crippen molar-refractivity contribution in [2.45, 2.75) is 25.9 Å². The van der Waals surface area contributed by atoms with Gasteiger partial charge < -0.3 is 4.74 Å². The first-order valence-corrected chi connectivity index (χ1v) is 3.70. The molecule has 1 unspecified atom stereocenters. The molecule has 0 fully saturated rings. The predicted octanol–water partition coefficient (Wildman–Crippen LogP) is 2.30. The van der Waals surface area contributed by atoms with E-state index in [9.17, 15) is 0 Å². The van der Waals surface area contributed by atoms with Crippen molar-refractivity contribution in [3.8, 4) is 0 Å². The fraction of sp³-hybridized carbons (Fsp3) is 0.556. The van der Waals surface area contributed by atoms with Gasteiger partial charge in [-0.15, -0.1) is 0 Å². The molecular weight excluding hydrogens is 124 g/mol. The fourth-order valence-corrected chi connectivity index (χ4v) is 1.10. The molecule has 1 nitrogen and oxygen atoms in total. The minimum atomic E-state index is 0.327. The van der Waals surface area contributed by atoms with Crippen molar-refractivity contribution < 1.29 is 4.74 Å². The Kier molecular flexibility index (Phi) is 2.69. The topological polar surface area (TPSA) is 9.23 Å². The number of allylic oxidation sites excluding steroid dienone is 3. The Morgan fingerprint density at radius 2 is 2.40 bits per heavy atom. The summed E-state index contributed by atoms with van der Waals surface area (Å²) in [6, 6.07) is 0. The van der Waals surface area contributed by atoms with Gasteiger partial charge in [0.25, 0.3) is 0 Å². The summed E-state index contributed by atoms with van der Waals surface area (Å²) in [6.07, 6.45) is 9.07. The van der Waals surface area contributed by atoms with Crippen molar-refractivity contribution in [1.29, 1.82) is 0 Å². The molecule has 0 saturated carbocycles. The zero-order valence-electron chi connectivity index (χ0n) is 6.63. The van der Waals surface area contributed by atoms with Gasteiger partial charge in [-0.1, -0.05) is 23.8 Å². The van der Waals surface area contributed by atoms with Crippen LogP contribution >= 0.6 is 0 Å². The second-order valence-corrected chi connectivity index (χ2v) is 2.66. The molecule has 0 aromatic heterocycles. The second-order valence-electron chi connectivity index (χ2n) is 2.66. The van der Waals surface area contributed by atoms with Gasteiger partial charge in [-0.05, 0) is 19.8 Å². The smallest absolute Gasteiger partial charge is 0.0758 e. The molecule has 0 aromatic carbocycles. The Morgan fingerprint density at radius 3 is 3.10 bits per heavy atom. The Bertz CT molecular complexity index is 156. The van der Waals surface area contributed by atoms with E-state index in [0.29, 0.717) is 6.10 Å². The van der Waals surface area contributed by atoms with E-state index in [1.807, 2.05) is 0 Å². The molecule has 0 aromatic rings. The van der Waals surface area contributed by atoms with E-state index in [1.54, 1.807) is 7.11 Å². The third-order valence-corrected chi connectivity index (χ3v) is 1.79. The average molecular weight is 138 g/mol. The molecule has 0 radical (unpaired) electrons. The Balaban J connectivity index is 2.53. The van der Waals surface area contributed by atoms with Crippen LogP contribution < -0.4 is 0 Å². The van der Waals surface area contributed by atoms with Crippen molar-refractivity contribution in [2.75, 3.05) is 7.11 Å². The maximum absolute atomic E-state index is 5.20. The van der Waals surface area contributed by atoms with Crippen molar-refractivity contribution in [1.82, 2.24) is 0 Å². The van der Waals surface area contributed by atoms with Crippen LogP contribution in [0.25, 0.3) is 0 Å². The molecule has 1 rings (SSSR count). The number of hydrogen-bond donors (Lipinski definition) is 0. The second kappa shape index (κ2) is 3.57. The van der Waals surface area contributed by atoms with Crippen LogP contribution in [0.2, 0.25) is 0 Å². The summed E-state index contributed by atoms with van der Waals surface area (Å²) in [4.78, 5) is 0. The quantitative estimate of drug-likeness (QED) is 0.540. The summed E-state index contributed by atoms with van der Waals surface area (Å²) in [5.74, 6) is 0. The molecule has 0 aliphatic heterocycles. The first kappa shape index (κ1) is 7.55. The molecule has 0 bridgehead atoms. The number of rotatable bonds is 1. The van der Waals surface area contributed by atoms with Crippen LogP contribution in [-0.4, -0.2) is 13.2 Å². The van der Waals surface area contributed by atoms with Gasteiger partial charge in [0.15, 0.2) is 0 Å². The van der Waals surface area contributed by atoms with E-state index >= 15 is 0 Å². The molecule has 0 spiro atoms. The molecule has 0 heterocycles. The van der Waals surface area contributed by atoms with E-state index in [1.165, 1.54) is 5.57 Å². The summed E-state index contributed by atoms with van der Waals surface area (Å²) < 4.78 is 5.20. The van der Waals surface area contributed by atoms with Gasteiger partial charge in [0, 0.05) is 7.11 Å². The summed E-state index contributed by atoms with van der Waals surface area (Å²) >= 11 is 0. The maximum atomic E-state index is 5.20. The highest BCUT2D eigenvalue weighted by molar-refractivity contribution is 5.19. The zero-order chi connectivity index (χ0) is 7.40. The Labute approximate surface area is 62.4 Å². The molecule has 1 atom stereocenters. The van der Waals surface area contributed by atoms with Gasteiger partial charge in [0.2, 0.25) is 0 Å². The van der Waals surface area contributed by atoms with Crippen molar-refractivity contribution in [2.24, 2.45) is 0 Å². The highest BCUT2D eigenvalue weighted by Gasteiger charge is 2.03. The standard InChI is InChI=1S/C9H14O/c1-8-4-3-5-9(10-2)7-6-8/h4,6-7,9H,3,5H2,1-2H3. The van der Waals surface area contributed by atoms with Crippen molar-refractivity contribution >= 4 is 0 Å². The third kappa shape index (κ3) is 1.99. The molecule has 56 valence electrons. The number of ether oxygens (including phenoxy) is 1. The number of hydrogen-bond acceptors (Lipinski definition) is 1. The highest BCUT2D eigenvalue weighted by Crippen LogP contribution is 2.11. The first-order valence-electron chi connectivity index (χ1n) is 3.70. The molecular formula is C9H14O. The minimum Gasteiger partial charge on any atom is -0.377 e. The lowest BCUT2D eigenvalue weighted by Gasteiger charge is -2.06. The van der Waals surface area contributed by atoms with Gasteiger partial charge in [-0.25, -0.2) is 0 Å². The lowest BCUT2D eigenvalue weighted by atomic mass is 10.2. The maximum Gasteiger partial charge on any atom is 0.0758 e. The van der Waals surface area contributed by atoms with Gasteiger partial charge in [-0.2, -0.15) is 0 Å².